The molecule has 40 heavy (non-hydrogen) atoms. The smallest absolute Gasteiger partial charge is 0.872 e. The van der Waals surface area contributed by atoms with Crippen LogP contribution in [0.2, 0.25) is 0 Å². The van der Waals surface area contributed by atoms with E-state index in [1.165, 1.54) is 24.8 Å². The first-order valence-corrected chi connectivity index (χ1v) is 13.3. The first kappa shape index (κ1) is 36.6. The molecule has 3 aromatic carbocycles. The second-order valence-corrected chi connectivity index (χ2v) is 8.71. The summed E-state index contributed by atoms with van der Waals surface area (Å²) >= 11 is 0. The van der Waals surface area contributed by atoms with E-state index in [2.05, 4.69) is 44.9 Å². The minimum Gasteiger partial charge on any atom is -0.872 e. The van der Waals surface area contributed by atoms with Gasteiger partial charge in [-0.25, -0.2) is 11.6 Å². The molecule has 0 saturated heterocycles. The van der Waals surface area contributed by atoms with E-state index in [0.717, 1.165) is 23.1 Å². The summed E-state index contributed by atoms with van der Waals surface area (Å²) in [7, 11) is 0. The van der Waals surface area contributed by atoms with Gasteiger partial charge in [-0.2, -0.15) is 6.08 Å². The van der Waals surface area contributed by atoms with Gasteiger partial charge >= 0.3 is 26.2 Å². The van der Waals surface area contributed by atoms with Crippen LogP contribution >= 0.6 is 0 Å². The minimum absolute atomic E-state index is 0. The van der Waals surface area contributed by atoms with Gasteiger partial charge in [0, 0.05) is 0 Å². The SMILES string of the molecule is C=CCc1ccccc1[O-].C=CCc1ccccc1[O-].C=CCc1ccccc1[O-].CCCCC1=[C-]CC=C1.[Zr+4]. The predicted molar refractivity (Wildman–Crippen MR) is 159 cm³/mol. The van der Waals surface area contributed by atoms with Crippen LogP contribution in [0.5, 0.6) is 17.2 Å². The maximum Gasteiger partial charge on any atom is 4.00 e. The molecule has 0 aliphatic heterocycles. The zero-order chi connectivity index (χ0) is 28.7. The third kappa shape index (κ3) is 15.9. The van der Waals surface area contributed by atoms with Gasteiger partial charge in [0.05, 0.1) is 0 Å². The van der Waals surface area contributed by atoms with Crippen LogP contribution in [0.15, 0.2) is 128 Å². The Kier molecular flexibility index (Phi) is 21.5. The van der Waals surface area contributed by atoms with E-state index in [9.17, 15) is 15.3 Å². The standard InChI is InChI=1S/3C9H10O.C9H13.Zr/c3*1-2-5-8-6-3-4-7-9(8)10;1-2-3-6-9-7-4-5-8-9;/h3*2-4,6-7,10H,1,5H2;4,7H,2-3,5-6H2,1H3;/q;;;-1;+4/p-3. The summed E-state index contributed by atoms with van der Waals surface area (Å²) in [6.07, 6.45) is 19.7. The van der Waals surface area contributed by atoms with Crippen LogP contribution in [0.3, 0.4) is 0 Å². The zero-order valence-corrected chi connectivity index (χ0v) is 26.1. The van der Waals surface area contributed by atoms with E-state index in [4.69, 9.17) is 0 Å². The first-order chi connectivity index (χ1) is 19.0. The zero-order valence-electron chi connectivity index (χ0n) is 23.6. The number of hydrogen-bond donors (Lipinski definition) is 0. The molecule has 206 valence electrons. The van der Waals surface area contributed by atoms with E-state index < -0.39 is 0 Å². The molecule has 0 N–H and O–H groups in total. The minimum atomic E-state index is 0. The third-order valence-electron chi connectivity index (χ3n) is 5.58. The van der Waals surface area contributed by atoms with Crippen LogP contribution in [0.25, 0.3) is 0 Å². The van der Waals surface area contributed by atoms with Crippen molar-refractivity contribution in [2.24, 2.45) is 0 Å². The second-order valence-electron chi connectivity index (χ2n) is 8.71. The number of allylic oxidation sites excluding steroid dienone is 7. The molecule has 1 aliphatic rings. The largest absolute Gasteiger partial charge is 4.00 e. The van der Waals surface area contributed by atoms with Crippen LogP contribution in [0.4, 0.5) is 0 Å². The topological polar surface area (TPSA) is 69.2 Å². The summed E-state index contributed by atoms with van der Waals surface area (Å²) in [5.41, 5.74) is 3.87. The molecular weight excluding hydrogens is 572 g/mol. The summed E-state index contributed by atoms with van der Waals surface area (Å²) in [6.45, 7) is 12.9. The second kappa shape index (κ2) is 23.5. The van der Waals surface area contributed by atoms with Gasteiger partial charge in [0.25, 0.3) is 0 Å². The predicted octanol–water partition coefficient (Wildman–Crippen LogP) is 7.33. The number of hydrogen-bond acceptors (Lipinski definition) is 3. The Labute approximate surface area is 260 Å². The molecule has 0 spiro atoms. The van der Waals surface area contributed by atoms with Crippen molar-refractivity contribution in [3.8, 4) is 17.2 Å². The fourth-order valence-corrected chi connectivity index (χ4v) is 3.47. The summed E-state index contributed by atoms with van der Waals surface area (Å²) in [6, 6.07) is 21.0. The molecule has 3 nitrogen and oxygen atoms in total. The molecule has 4 rings (SSSR count). The molecule has 0 radical (unpaired) electrons. The maximum atomic E-state index is 11.0. The van der Waals surface area contributed by atoms with Gasteiger partial charge in [-0.3, -0.25) is 6.08 Å². The van der Waals surface area contributed by atoms with Crippen molar-refractivity contribution < 1.29 is 41.5 Å². The van der Waals surface area contributed by atoms with E-state index in [0.29, 0.717) is 19.3 Å². The molecule has 0 heterocycles. The average molecular weight is 612 g/mol. The monoisotopic (exact) mass is 610 g/mol. The Morgan fingerprint density at radius 2 is 1.05 bits per heavy atom. The first-order valence-electron chi connectivity index (χ1n) is 13.3. The van der Waals surface area contributed by atoms with Crippen molar-refractivity contribution in [2.75, 3.05) is 0 Å². The Bertz CT molecular complexity index is 1070. The number of benzene rings is 3. The summed E-state index contributed by atoms with van der Waals surface area (Å²) < 4.78 is 0. The van der Waals surface area contributed by atoms with Crippen LogP contribution in [-0.4, -0.2) is 0 Å². The Morgan fingerprint density at radius 3 is 1.32 bits per heavy atom. The Morgan fingerprint density at radius 1 is 0.675 bits per heavy atom. The van der Waals surface area contributed by atoms with Gasteiger partial charge in [-0.05, 0) is 19.3 Å². The van der Waals surface area contributed by atoms with Crippen molar-refractivity contribution in [1.29, 1.82) is 0 Å². The Hall–Kier alpha value is -3.36. The molecule has 0 unspecified atom stereocenters. The van der Waals surface area contributed by atoms with Crippen molar-refractivity contribution in [1.82, 2.24) is 0 Å². The van der Waals surface area contributed by atoms with Gasteiger partial charge in [0.1, 0.15) is 0 Å². The van der Waals surface area contributed by atoms with Crippen LogP contribution in [-0.2, 0) is 45.5 Å². The fraction of sp³-hybridized carbons (Fsp3) is 0.222. The quantitative estimate of drug-likeness (QED) is 0.188. The molecule has 0 atom stereocenters. The Balaban J connectivity index is 0.000000503. The molecule has 0 fully saturated rings. The van der Waals surface area contributed by atoms with E-state index in [1.807, 2.05) is 36.4 Å². The molecule has 0 bridgehead atoms. The fourth-order valence-electron chi connectivity index (χ4n) is 3.47. The van der Waals surface area contributed by atoms with Crippen molar-refractivity contribution in [2.45, 2.75) is 51.9 Å². The molecule has 0 amide bonds. The summed E-state index contributed by atoms with van der Waals surface area (Å²) in [5, 5.41) is 32.9. The van der Waals surface area contributed by atoms with E-state index in [-0.39, 0.29) is 43.5 Å². The van der Waals surface area contributed by atoms with Crippen molar-refractivity contribution >= 4 is 0 Å². The van der Waals surface area contributed by atoms with Gasteiger partial charge in [-0.15, -0.1) is 43.4 Å². The van der Waals surface area contributed by atoms with Gasteiger partial charge in [0.2, 0.25) is 0 Å². The molecule has 0 saturated carbocycles. The number of rotatable bonds is 9. The normalized spacial score (nSPS) is 10.6. The summed E-state index contributed by atoms with van der Waals surface area (Å²) in [5.74, 6) is 0.298. The van der Waals surface area contributed by atoms with Gasteiger partial charge in [-0.1, -0.05) is 134 Å². The van der Waals surface area contributed by atoms with Crippen LogP contribution in [0, 0.1) is 6.08 Å². The molecule has 4 heteroatoms. The number of para-hydroxylation sites is 3. The van der Waals surface area contributed by atoms with Crippen molar-refractivity contribution in [3.05, 3.63) is 151 Å². The van der Waals surface area contributed by atoms with E-state index >= 15 is 0 Å². The van der Waals surface area contributed by atoms with Gasteiger partial charge < -0.3 is 15.3 Å². The third-order valence-corrected chi connectivity index (χ3v) is 5.58. The molecule has 0 aromatic heterocycles. The van der Waals surface area contributed by atoms with Gasteiger partial charge in [0.15, 0.2) is 0 Å². The maximum absolute atomic E-state index is 11.0. The molecular formula is C36H40O3Zr. The number of unbranched alkanes of at least 4 members (excludes halogenated alkanes) is 1. The van der Waals surface area contributed by atoms with Crippen molar-refractivity contribution in [3.63, 3.8) is 0 Å². The summed E-state index contributed by atoms with van der Waals surface area (Å²) in [4.78, 5) is 0. The van der Waals surface area contributed by atoms with E-state index in [1.54, 1.807) is 54.6 Å². The van der Waals surface area contributed by atoms with Crippen LogP contribution in [0.1, 0.15) is 49.3 Å². The van der Waals surface area contributed by atoms with Crippen LogP contribution < -0.4 is 15.3 Å². The molecule has 3 aromatic rings. The average Bonchev–Trinajstić information content (AvgIpc) is 3.47. The molecule has 1 aliphatic carbocycles.